The second-order valence-electron chi connectivity index (χ2n) is 4.47. The van der Waals surface area contributed by atoms with E-state index in [9.17, 15) is 9.59 Å². The molecule has 0 aromatic carbocycles. The molecule has 16 heavy (non-hydrogen) atoms. The fourth-order valence-corrected chi connectivity index (χ4v) is 1.32. The van der Waals surface area contributed by atoms with Crippen LogP contribution in [0.3, 0.4) is 0 Å². The highest BCUT2D eigenvalue weighted by Crippen LogP contribution is 1.99. The minimum Gasteiger partial charge on any atom is -0.481 e. The molecule has 0 aliphatic rings. The van der Waals surface area contributed by atoms with Crippen LogP contribution in [-0.4, -0.2) is 48.1 Å². The van der Waals surface area contributed by atoms with Crippen LogP contribution in [0.4, 0.5) is 0 Å². The lowest BCUT2D eigenvalue weighted by molar-refractivity contribution is -0.141. The smallest absolute Gasteiger partial charge is 0.307 e. The van der Waals surface area contributed by atoms with Crippen molar-refractivity contribution in [3.8, 4) is 0 Å². The van der Waals surface area contributed by atoms with Crippen LogP contribution in [0, 0.1) is 5.92 Å². The van der Waals surface area contributed by atoms with Crippen LogP contribution < -0.4 is 5.32 Å². The molecule has 0 rings (SSSR count). The molecule has 1 unspecified atom stereocenters. The van der Waals surface area contributed by atoms with E-state index in [1.54, 1.807) is 6.92 Å². The molecule has 0 aromatic heterocycles. The van der Waals surface area contributed by atoms with E-state index in [-0.39, 0.29) is 11.9 Å². The van der Waals surface area contributed by atoms with E-state index in [2.05, 4.69) is 5.32 Å². The summed E-state index contributed by atoms with van der Waals surface area (Å²) in [4.78, 5) is 23.8. The number of carboxylic acid groups (broad SMARTS) is 1. The fraction of sp³-hybridized carbons (Fsp3) is 0.818. The predicted octanol–water partition coefficient (Wildman–Crippen LogP) is 0.554. The molecule has 0 spiro atoms. The van der Waals surface area contributed by atoms with Gasteiger partial charge in [0.15, 0.2) is 0 Å². The normalized spacial score (nSPS) is 12.9. The monoisotopic (exact) mass is 230 g/mol. The summed E-state index contributed by atoms with van der Waals surface area (Å²) >= 11 is 0. The number of nitrogens with zero attached hydrogens (tertiary/aromatic N) is 1. The first kappa shape index (κ1) is 14.9. The summed E-state index contributed by atoms with van der Waals surface area (Å²) in [6.07, 6.45) is 0.404. The van der Waals surface area contributed by atoms with Gasteiger partial charge in [-0.05, 0) is 20.9 Å². The van der Waals surface area contributed by atoms with E-state index in [1.807, 2.05) is 25.8 Å². The van der Waals surface area contributed by atoms with Crippen LogP contribution in [0.25, 0.3) is 0 Å². The Balaban J connectivity index is 3.76. The SMILES string of the molecule is CC(C)NC(=O)CCN(C)CC(C)C(=O)O. The quantitative estimate of drug-likeness (QED) is 0.670. The Morgan fingerprint density at radius 2 is 1.88 bits per heavy atom. The lowest BCUT2D eigenvalue weighted by Crippen LogP contribution is -2.35. The summed E-state index contributed by atoms with van der Waals surface area (Å²) in [6, 6.07) is 0.149. The highest BCUT2D eigenvalue weighted by Gasteiger charge is 2.14. The number of carbonyl (C=O) groups is 2. The Hall–Kier alpha value is -1.10. The number of hydrogen-bond donors (Lipinski definition) is 2. The van der Waals surface area contributed by atoms with E-state index < -0.39 is 11.9 Å². The van der Waals surface area contributed by atoms with E-state index in [1.165, 1.54) is 0 Å². The van der Waals surface area contributed by atoms with E-state index >= 15 is 0 Å². The number of hydrogen-bond acceptors (Lipinski definition) is 3. The third-order valence-electron chi connectivity index (χ3n) is 2.18. The Kier molecular flexibility index (Phi) is 6.72. The molecule has 0 aromatic rings. The van der Waals surface area contributed by atoms with Crippen LogP contribution in [0.15, 0.2) is 0 Å². The Bertz CT molecular complexity index is 241. The average Bonchev–Trinajstić information content (AvgIpc) is 2.13. The Morgan fingerprint density at radius 1 is 1.31 bits per heavy atom. The maximum Gasteiger partial charge on any atom is 0.307 e. The molecular weight excluding hydrogens is 208 g/mol. The topological polar surface area (TPSA) is 69.6 Å². The molecule has 2 N–H and O–H groups in total. The van der Waals surface area contributed by atoms with Crippen LogP contribution in [0.5, 0.6) is 0 Å². The van der Waals surface area contributed by atoms with E-state index in [0.29, 0.717) is 19.5 Å². The number of nitrogens with one attached hydrogen (secondary N) is 1. The van der Waals surface area contributed by atoms with Crippen molar-refractivity contribution in [1.29, 1.82) is 0 Å². The van der Waals surface area contributed by atoms with Crippen LogP contribution in [0.1, 0.15) is 27.2 Å². The van der Waals surface area contributed by atoms with E-state index in [0.717, 1.165) is 0 Å². The van der Waals surface area contributed by atoms with Crippen molar-refractivity contribution in [1.82, 2.24) is 10.2 Å². The maximum atomic E-state index is 11.3. The highest BCUT2D eigenvalue weighted by molar-refractivity contribution is 5.76. The third-order valence-corrected chi connectivity index (χ3v) is 2.18. The van der Waals surface area contributed by atoms with Crippen molar-refractivity contribution in [3.63, 3.8) is 0 Å². The zero-order valence-electron chi connectivity index (χ0n) is 10.5. The summed E-state index contributed by atoms with van der Waals surface area (Å²) in [6.45, 7) is 6.52. The molecule has 0 fully saturated rings. The predicted molar refractivity (Wildman–Crippen MR) is 62.2 cm³/mol. The number of aliphatic carboxylic acids is 1. The van der Waals surface area contributed by atoms with Crippen molar-refractivity contribution in [2.45, 2.75) is 33.2 Å². The zero-order valence-corrected chi connectivity index (χ0v) is 10.5. The van der Waals surface area contributed by atoms with Crippen molar-refractivity contribution >= 4 is 11.9 Å². The van der Waals surface area contributed by atoms with Gasteiger partial charge in [-0.25, -0.2) is 0 Å². The van der Waals surface area contributed by atoms with Crippen molar-refractivity contribution in [2.75, 3.05) is 20.1 Å². The minimum absolute atomic E-state index is 0.00447. The highest BCUT2D eigenvalue weighted by atomic mass is 16.4. The summed E-state index contributed by atoms with van der Waals surface area (Å²) in [5.74, 6) is -1.21. The van der Waals surface area contributed by atoms with Crippen molar-refractivity contribution in [2.24, 2.45) is 5.92 Å². The van der Waals surface area contributed by atoms with Gasteiger partial charge in [0.05, 0.1) is 5.92 Å². The van der Waals surface area contributed by atoms with Gasteiger partial charge in [-0.15, -0.1) is 0 Å². The lowest BCUT2D eigenvalue weighted by atomic mass is 10.2. The minimum atomic E-state index is -0.807. The van der Waals surface area contributed by atoms with Crippen LogP contribution in [0.2, 0.25) is 0 Å². The molecule has 0 saturated heterocycles. The molecule has 0 bridgehead atoms. The summed E-state index contributed by atoms with van der Waals surface area (Å²) in [7, 11) is 1.82. The molecular formula is C11H22N2O3. The molecule has 0 saturated carbocycles. The van der Waals surface area contributed by atoms with Crippen LogP contribution in [-0.2, 0) is 9.59 Å². The fourth-order valence-electron chi connectivity index (χ4n) is 1.32. The second kappa shape index (κ2) is 7.22. The third kappa shape index (κ3) is 7.23. The first-order valence-electron chi connectivity index (χ1n) is 5.53. The number of carbonyl (C=O) groups excluding carboxylic acids is 1. The maximum absolute atomic E-state index is 11.3. The second-order valence-corrected chi connectivity index (χ2v) is 4.47. The first-order valence-corrected chi connectivity index (χ1v) is 5.53. The summed E-state index contributed by atoms with van der Waals surface area (Å²) in [5.41, 5.74) is 0. The molecule has 5 nitrogen and oxygen atoms in total. The number of rotatable bonds is 7. The van der Waals surface area contributed by atoms with Gasteiger partial charge < -0.3 is 15.3 Å². The Labute approximate surface area is 96.8 Å². The first-order chi connectivity index (χ1) is 7.32. The number of carboxylic acids is 1. The van der Waals surface area contributed by atoms with Gasteiger partial charge in [0.1, 0.15) is 0 Å². The molecule has 1 amide bonds. The zero-order chi connectivity index (χ0) is 12.7. The number of amides is 1. The molecule has 0 radical (unpaired) electrons. The molecule has 1 atom stereocenters. The lowest BCUT2D eigenvalue weighted by Gasteiger charge is -2.19. The molecule has 0 aliphatic heterocycles. The van der Waals surface area contributed by atoms with Gasteiger partial charge in [-0.1, -0.05) is 6.92 Å². The summed E-state index contributed by atoms with van der Waals surface area (Å²) in [5, 5.41) is 11.5. The van der Waals surface area contributed by atoms with E-state index in [4.69, 9.17) is 5.11 Å². The van der Waals surface area contributed by atoms with Gasteiger partial charge in [-0.3, -0.25) is 9.59 Å². The van der Waals surface area contributed by atoms with Crippen molar-refractivity contribution < 1.29 is 14.7 Å². The summed E-state index contributed by atoms with van der Waals surface area (Å²) < 4.78 is 0. The van der Waals surface area contributed by atoms with Crippen molar-refractivity contribution in [3.05, 3.63) is 0 Å². The largest absolute Gasteiger partial charge is 0.481 e. The van der Waals surface area contributed by atoms with Gasteiger partial charge >= 0.3 is 5.97 Å². The van der Waals surface area contributed by atoms with Gasteiger partial charge in [0.2, 0.25) is 5.91 Å². The van der Waals surface area contributed by atoms with Gasteiger partial charge in [-0.2, -0.15) is 0 Å². The van der Waals surface area contributed by atoms with Gasteiger partial charge in [0, 0.05) is 25.6 Å². The molecule has 5 heteroatoms. The van der Waals surface area contributed by atoms with Gasteiger partial charge in [0.25, 0.3) is 0 Å². The Morgan fingerprint density at radius 3 is 2.31 bits per heavy atom. The average molecular weight is 230 g/mol. The van der Waals surface area contributed by atoms with Crippen LogP contribution >= 0.6 is 0 Å². The molecule has 0 heterocycles. The molecule has 0 aliphatic carbocycles. The standard InChI is InChI=1S/C11H22N2O3/c1-8(2)12-10(14)5-6-13(4)7-9(3)11(15)16/h8-9H,5-7H2,1-4H3,(H,12,14)(H,15,16). The molecule has 94 valence electrons.